The van der Waals surface area contributed by atoms with Crippen LogP contribution in [0.1, 0.15) is 16.1 Å². The quantitative estimate of drug-likeness (QED) is 0.565. The van der Waals surface area contributed by atoms with Gasteiger partial charge in [0.1, 0.15) is 0 Å². The average Bonchev–Trinajstić information content (AvgIpc) is 3.35. The number of aromatic amines is 1. The Balaban J connectivity index is 1.39. The van der Waals surface area contributed by atoms with E-state index in [9.17, 15) is 4.79 Å². The molecular weight excluding hydrogens is 342 g/mol. The van der Waals surface area contributed by atoms with Crippen molar-refractivity contribution in [1.82, 2.24) is 15.5 Å². The number of carbonyl (C=O) groups excluding carboxylic acids is 1. The first-order valence-electron chi connectivity index (χ1n) is 7.75. The van der Waals surface area contributed by atoms with E-state index in [1.165, 1.54) is 6.26 Å². The van der Waals surface area contributed by atoms with E-state index in [2.05, 4.69) is 15.5 Å². The van der Waals surface area contributed by atoms with Crippen molar-refractivity contribution < 1.29 is 13.7 Å². The number of hydrogen-bond donors (Lipinski definition) is 2. The van der Waals surface area contributed by atoms with Gasteiger partial charge in [-0.05, 0) is 42.3 Å². The zero-order valence-corrected chi connectivity index (χ0v) is 13.8. The third-order valence-electron chi connectivity index (χ3n) is 3.92. The maximum absolute atomic E-state index is 12.2. The van der Waals surface area contributed by atoms with Crippen LogP contribution in [0.3, 0.4) is 0 Å². The highest BCUT2D eigenvalue weighted by molar-refractivity contribution is 6.31. The van der Waals surface area contributed by atoms with Gasteiger partial charge in [-0.1, -0.05) is 16.8 Å². The van der Waals surface area contributed by atoms with E-state index in [1.807, 2.05) is 24.4 Å². The molecule has 4 aromatic rings. The standard InChI is InChI=1S/C18H14ClN3O3/c19-12-3-4-14-13(8-12)11(10-21-14)5-6-20-18(23)15-9-17(25-22-15)16-2-1-7-24-16/h1-4,7-10,21H,5-6H2,(H,20,23). The third-order valence-corrected chi connectivity index (χ3v) is 4.15. The van der Waals surface area contributed by atoms with E-state index >= 15 is 0 Å². The van der Waals surface area contributed by atoms with E-state index in [0.717, 1.165) is 16.5 Å². The summed E-state index contributed by atoms with van der Waals surface area (Å²) in [6, 6.07) is 10.7. The number of aromatic nitrogens is 2. The molecular formula is C18H14ClN3O3. The lowest BCUT2D eigenvalue weighted by Gasteiger charge is -2.02. The van der Waals surface area contributed by atoms with Crippen molar-refractivity contribution in [3.63, 3.8) is 0 Å². The number of H-pyrrole nitrogens is 1. The molecule has 0 bridgehead atoms. The molecule has 4 rings (SSSR count). The topological polar surface area (TPSA) is 84.1 Å². The minimum Gasteiger partial charge on any atom is -0.461 e. The number of hydrogen-bond acceptors (Lipinski definition) is 4. The SMILES string of the molecule is O=C(NCCc1c[nH]c2ccc(Cl)cc12)c1cc(-c2ccco2)on1. The van der Waals surface area contributed by atoms with Crippen LogP contribution in [-0.4, -0.2) is 22.6 Å². The minimum absolute atomic E-state index is 0.216. The van der Waals surface area contributed by atoms with Gasteiger partial charge in [0, 0.05) is 34.7 Å². The van der Waals surface area contributed by atoms with Crippen LogP contribution in [0, 0.1) is 0 Å². The molecule has 0 saturated carbocycles. The van der Waals surface area contributed by atoms with Gasteiger partial charge < -0.3 is 19.2 Å². The molecule has 0 aliphatic carbocycles. The first-order valence-corrected chi connectivity index (χ1v) is 8.13. The van der Waals surface area contributed by atoms with Crippen LogP contribution in [0.4, 0.5) is 0 Å². The Labute approximate surface area is 147 Å². The molecule has 3 heterocycles. The van der Waals surface area contributed by atoms with Gasteiger partial charge in [-0.3, -0.25) is 4.79 Å². The van der Waals surface area contributed by atoms with Crippen molar-refractivity contribution in [2.45, 2.75) is 6.42 Å². The van der Waals surface area contributed by atoms with Crippen LogP contribution < -0.4 is 5.32 Å². The number of amides is 1. The predicted octanol–water partition coefficient (Wildman–Crippen LogP) is 4.04. The van der Waals surface area contributed by atoms with E-state index in [4.69, 9.17) is 20.5 Å². The molecule has 0 radical (unpaired) electrons. The van der Waals surface area contributed by atoms with Crippen molar-refractivity contribution in [3.8, 4) is 11.5 Å². The Hall–Kier alpha value is -2.99. The molecule has 0 unspecified atom stereocenters. The molecule has 2 N–H and O–H groups in total. The number of halogens is 1. The molecule has 1 aromatic carbocycles. The molecule has 25 heavy (non-hydrogen) atoms. The molecule has 0 saturated heterocycles. The number of benzene rings is 1. The Morgan fingerprint density at radius 1 is 1.24 bits per heavy atom. The Morgan fingerprint density at radius 3 is 3.00 bits per heavy atom. The van der Waals surface area contributed by atoms with E-state index in [-0.39, 0.29) is 11.6 Å². The van der Waals surface area contributed by atoms with E-state index < -0.39 is 0 Å². The van der Waals surface area contributed by atoms with Gasteiger partial charge in [-0.15, -0.1) is 0 Å². The molecule has 1 amide bonds. The number of nitrogens with one attached hydrogen (secondary N) is 2. The third kappa shape index (κ3) is 3.16. The molecule has 3 aromatic heterocycles. The van der Waals surface area contributed by atoms with Crippen molar-refractivity contribution in [3.05, 3.63) is 65.1 Å². The fourth-order valence-corrected chi connectivity index (χ4v) is 2.85. The normalized spacial score (nSPS) is 11.1. The van der Waals surface area contributed by atoms with Crippen LogP contribution in [0.15, 0.2) is 57.8 Å². The molecule has 0 aliphatic rings. The summed E-state index contributed by atoms with van der Waals surface area (Å²) >= 11 is 6.05. The Kier molecular flexibility index (Phi) is 4.03. The van der Waals surface area contributed by atoms with Crippen LogP contribution >= 0.6 is 11.6 Å². The van der Waals surface area contributed by atoms with Gasteiger partial charge in [0.25, 0.3) is 5.91 Å². The molecule has 7 heteroatoms. The van der Waals surface area contributed by atoms with Crippen LogP contribution in [-0.2, 0) is 6.42 Å². The van der Waals surface area contributed by atoms with Gasteiger partial charge in [-0.2, -0.15) is 0 Å². The van der Waals surface area contributed by atoms with Gasteiger partial charge in [-0.25, -0.2) is 0 Å². The lowest BCUT2D eigenvalue weighted by molar-refractivity contribution is 0.0945. The molecule has 0 aliphatic heterocycles. The van der Waals surface area contributed by atoms with Crippen LogP contribution in [0.2, 0.25) is 5.02 Å². The predicted molar refractivity (Wildman–Crippen MR) is 93.6 cm³/mol. The maximum Gasteiger partial charge on any atom is 0.273 e. The number of fused-ring (bicyclic) bond motifs is 1. The minimum atomic E-state index is -0.292. The largest absolute Gasteiger partial charge is 0.461 e. The second kappa shape index (κ2) is 6.49. The Bertz CT molecular complexity index is 1020. The molecule has 0 atom stereocenters. The fourth-order valence-electron chi connectivity index (χ4n) is 2.68. The first-order chi connectivity index (χ1) is 12.2. The molecule has 0 spiro atoms. The van der Waals surface area contributed by atoms with Crippen molar-refractivity contribution in [2.75, 3.05) is 6.54 Å². The highest BCUT2D eigenvalue weighted by Crippen LogP contribution is 2.23. The maximum atomic E-state index is 12.2. The van der Waals surface area contributed by atoms with Gasteiger partial charge in [0.05, 0.1) is 6.26 Å². The average molecular weight is 356 g/mol. The lowest BCUT2D eigenvalue weighted by Crippen LogP contribution is -2.25. The fraction of sp³-hybridized carbons (Fsp3) is 0.111. The van der Waals surface area contributed by atoms with Gasteiger partial charge in [0.15, 0.2) is 11.5 Å². The summed E-state index contributed by atoms with van der Waals surface area (Å²) in [7, 11) is 0. The Morgan fingerprint density at radius 2 is 2.16 bits per heavy atom. The number of carbonyl (C=O) groups is 1. The second-order valence-corrected chi connectivity index (χ2v) is 6.00. The zero-order chi connectivity index (χ0) is 17.2. The summed E-state index contributed by atoms with van der Waals surface area (Å²) in [6.45, 7) is 0.473. The van der Waals surface area contributed by atoms with Gasteiger partial charge in [0.2, 0.25) is 5.76 Å². The summed E-state index contributed by atoms with van der Waals surface area (Å²) in [5.41, 5.74) is 2.33. The smallest absolute Gasteiger partial charge is 0.273 e. The van der Waals surface area contributed by atoms with E-state index in [1.54, 1.807) is 18.2 Å². The number of nitrogens with zero attached hydrogens (tertiary/aromatic N) is 1. The first kappa shape index (κ1) is 15.5. The number of furan rings is 1. The highest BCUT2D eigenvalue weighted by atomic mass is 35.5. The summed E-state index contributed by atoms with van der Waals surface area (Å²) in [6.07, 6.45) is 4.14. The molecule has 126 valence electrons. The monoisotopic (exact) mass is 355 g/mol. The zero-order valence-electron chi connectivity index (χ0n) is 13.1. The second-order valence-electron chi connectivity index (χ2n) is 5.56. The highest BCUT2D eigenvalue weighted by Gasteiger charge is 2.15. The van der Waals surface area contributed by atoms with Gasteiger partial charge >= 0.3 is 0 Å². The molecule has 6 nitrogen and oxygen atoms in total. The van der Waals surface area contributed by atoms with Crippen LogP contribution in [0.25, 0.3) is 22.4 Å². The number of rotatable bonds is 5. The van der Waals surface area contributed by atoms with Crippen molar-refractivity contribution in [1.29, 1.82) is 0 Å². The summed E-state index contributed by atoms with van der Waals surface area (Å²) in [5, 5.41) is 8.36. The van der Waals surface area contributed by atoms with Crippen molar-refractivity contribution in [2.24, 2.45) is 0 Å². The summed E-state index contributed by atoms with van der Waals surface area (Å²) < 4.78 is 10.3. The van der Waals surface area contributed by atoms with Crippen molar-refractivity contribution >= 4 is 28.4 Å². The summed E-state index contributed by atoms with van der Waals surface area (Å²) in [4.78, 5) is 15.4. The lowest BCUT2D eigenvalue weighted by atomic mass is 10.1. The van der Waals surface area contributed by atoms with Crippen LogP contribution in [0.5, 0.6) is 0 Å². The molecule has 0 fully saturated rings. The van der Waals surface area contributed by atoms with E-state index in [0.29, 0.717) is 29.5 Å². The summed E-state index contributed by atoms with van der Waals surface area (Å²) in [5.74, 6) is 0.656.